The molecule has 0 radical (unpaired) electrons. The zero-order valence-corrected chi connectivity index (χ0v) is 16.4. The molecule has 11 nitrogen and oxygen atoms in total. The number of Topliss-reactive ketones (excluding diaryl/α,β-unsaturated/α-hetero) is 1. The van der Waals surface area contributed by atoms with Gasteiger partial charge in [0.1, 0.15) is 23.9 Å². The fourth-order valence-corrected chi connectivity index (χ4v) is 3.12. The molecular weight excluding hydrogens is 386 g/mol. The molecule has 0 spiro atoms. The van der Waals surface area contributed by atoms with E-state index >= 15 is 0 Å². The fraction of sp³-hybridized carbons (Fsp3) is 0.263. The Labute approximate surface area is 171 Å². The molecule has 4 rings (SSSR count). The van der Waals surface area contributed by atoms with E-state index in [4.69, 9.17) is 5.73 Å². The van der Waals surface area contributed by atoms with Crippen molar-refractivity contribution in [1.29, 1.82) is 0 Å². The number of guanidine groups is 1. The standard InChI is InChI=1S/C19H19N9O2/c1-19(7-17(30)27(2)18(20)26-19)15-6-12(3-4-22-15)5-14(29)13-8-24-16(9-23-13)28-11-21-10-25-28/h3-4,6,8-11H,5,7H2,1-2H3,(H2,20,26). The molecule has 1 unspecified atom stereocenters. The minimum Gasteiger partial charge on any atom is -0.369 e. The van der Waals surface area contributed by atoms with Gasteiger partial charge in [0.15, 0.2) is 17.6 Å². The lowest BCUT2D eigenvalue weighted by molar-refractivity contribution is -0.128. The lowest BCUT2D eigenvalue weighted by atomic mass is 9.90. The van der Waals surface area contributed by atoms with Crippen molar-refractivity contribution in [2.75, 3.05) is 7.05 Å². The average Bonchev–Trinajstić information content (AvgIpc) is 3.27. The lowest BCUT2D eigenvalue weighted by Crippen LogP contribution is -2.47. The van der Waals surface area contributed by atoms with Crippen LogP contribution in [0.5, 0.6) is 0 Å². The topological polar surface area (TPSA) is 145 Å². The van der Waals surface area contributed by atoms with Crippen molar-refractivity contribution in [2.45, 2.75) is 25.3 Å². The van der Waals surface area contributed by atoms with E-state index in [0.29, 0.717) is 11.5 Å². The van der Waals surface area contributed by atoms with Crippen LogP contribution < -0.4 is 5.73 Å². The monoisotopic (exact) mass is 405 g/mol. The number of nitrogens with two attached hydrogens (primary N) is 1. The highest BCUT2D eigenvalue weighted by Crippen LogP contribution is 2.31. The van der Waals surface area contributed by atoms with E-state index in [1.165, 1.54) is 34.6 Å². The van der Waals surface area contributed by atoms with Crippen LogP contribution in [0.2, 0.25) is 0 Å². The molecule has 1 aliphatic rings. The number of carbonyl (C=O) groups excluding carboxylic acids is 2. The maximum Gasteiger partial charge on any atom is 0.231 e. The Hall–Kier alpha value is -4.02. The zero-order chi connectivity index (χ0) is 21.3. The number of rotatable bonds is 5. The Morgan fingerprint density at radius 1 is 1.27 bits per heavy atom. The third-order valence-electron chi connectivity index (χ3n) is 4.89. The van der Waals surface area contributed by atoms with Crippen LogP contribution in [0.25, 0.3) is 5.82 Å². The number of carbonyl (C=O) groups is 2. The van der Waals surface area contributed by atoms with Gasteiger partial charge in [-0.1, -0.05) is 0 Å². The molecule has 0 fully saturated rings. The molecule has 4 heterocycles. The van der Waals surface area contributed by atoms with E-state index in [1.807, 2.05) is 0 Å². The number of pyridine rings is 1. The van der Waals surface area contributed by atoms with Crippen LogP contribution in [-0.4, -0.2) is 59.3 Å². The summed E-state index contributed by atoms with van der Waals surface area (Å²) in [5.41, 5.74) is 6.53. The van der Waals surface area contributed by atoms with E-state index in [9.17, 15) is 9.59 Å². The molecule has 2 N–H and O–H groups in total. The largest absolute Gasteiger partial charge is 0.369 e. The van der Waals surface area contributed by atoms with Gasteiger partial charge in [-0.2, -0.15) is 5.10 Å². The molecule has 30 heavy (non-hydrogen) atoms. The highest BCUT2D eigenvalue weighted by Gasteiger charge is 2.37. The van der Waals surface area contributed by atoms with Gasteiger partial charge in [-0.25, -0.2) is 24.6 Å². The molecule has 3 aromatic rings. The van der Waals surface area contributed by atoms with Crippen LogP contribution >= 0.6 is 0 Å². The summed E-state index contributed by atoms with van der Waals surface area (Å²) in [6.07, 6.45) is 7.59. The van der Waals surface area contributed by atoms with Crippen molar-refractivity contribution in [2.24, 2.45) is 10.7 Å². The van der Waals surface area contributed by atoms with Crippen molar-refractivity contribution in [3.8, 4) is 5.82 Å². The predicted molar refractivity (Wildman–Crippen MR) is 106 cm³/mol. The molecule has 152 valence electrons. The van der Waals surface area contributed by atoms with Crippen LogP contribution in [0.4, 0.5) is 0 Å². The van der Waals surface area contributed by atoms with E-state index < -0.39 is 5.54 Å². The van der Waals surface area contributed by atoms with E-state index in [2.05, 4.69) is 30.0 Å². The van der Waals surface area contributed by atoms with Crippen LogP contribution in [0, 0.1) is 0 Å². The first-order valence-electron chi connectivity index (χ1n) is 9.13. The molecule has 0 saturated carbocycles. The Kier molecular flexibility index (Phi) is 4.78. The summed E-state index contributed by atoms with van der Waals surface area (Å²) < 4.78 is 1.45. The summed E-state index contributed by atoms with van der Waals surface area (Å²) in [7, 11) is 1.58. The van der Waals surface area contributed by atoms with Crippen LogP contribution in [0.1, 0.15) is 35.1 Å². The SMILES string of the molecule is CN1C(=O)CC(C)(c2cc(CC(=O)c3cnc(-n4cncn4)cn3)ccn2)N=C1N. The molecule has 0 saturated heterocycles. The number of ketones is 1. The molecule has 1 atom stereocenters. The van der Waals surface area contributed by atoms with Crippen molar-refractivity contribution in [3.63, 3.8) is 0 Å². The second-order valence-corrected chi connectivity index (χ2v) is 7.12. The molecule has 0 bridgehead atoms. The normalized spacial score (nSPS) is 18.9. The summed E-state index contributed by atoms with van der Waals surface area (Å²) in [6.45, 7) is 1.80. The van der Waals surface area contributed by atoms with Gasteiger partial charge in [0, 0.05) is 19.7 Å². The first kappa shape index (κ1) is 19.3. The van der Waals surface area contributed by atoms with Gasteiger partial charge in [0.2, 0.25) is 5.91 Å². The number of aromatic nitrogens is 6. The Bertz CT molecular complexity index is 1130. The summed E-state index contributed by atoms with van der Waals surface area (Å²) >= 11 is 0. The van der Waals surface area contributed by atoms with E-state index in [-0.39, 0.29) is 36.2 Å². The molecule has 1 amide bonds. The van der Waals surface area contributed by atoms with Crippen LogP contribution in [0.15, 0.2) is 48.4 Å². The smallest absolute Gasteiger partial charge is 0.231 e. The highest BCUT2D eigenvalue weighted by atomic mass is 16.2. The van der Waals surface area contributed by atoms with Gasteiger partial charge in [-0.05, 0) is 24.6 Å². The summed E-state index contributed by atoms with van der Waals surface area (Å²) in [5.74, 6) is 0.263. The van der Waals surface area contributed by atoms with Crippen molar-refractivity contribution in [1.82, 2.24) is 34.6 Å². The van der Waals surface area contributed by atoms with Gasteiger partial charge < -0.3 is 5.73 Å². The van der Waals surface area contributed by atoms with Crippen LogP contribution in [-0.2, 0) is 16.8 Å². The zero-order valence-electron chi connectivity index (χ0n) is 16.4. The molecule has 3 aromatic heterocycles. The van der Waals surface area contributed by atoms with Crippen LogP contribution in [0.3, 0.4) is 0 Å². The molecule has 1 aliphatic heterocycles. The van der Waals surface area contributed by atoms with Crippen molar-refractivity contribution in [3.05, 3.63) is 60.3 Å². The quantitative estimate of drug-likeness (QED) is 0.595. The maximum absolute atomic E-state index is 12.7. The first-order valence-corrected chi connectivity index (χ1v) is 9.13. The van der Waals surface area contributed by atoms with Crippen molar-refractivity contribution < 1.29 is 9.59 Å². The molecule has 0 aliphatic carbocycles. The second kappa shape index (κ2) is 7.43. The van der Waals surface area contributed by atoms with E-state index in [0.717, 1.165) is 5.56 Å². The predicted octanol–water partition coefficient (Wildman–Crippen LogP) is 0.270. The Morgan fingerprint density at radius 3 is 2.77 bits per heavy atom. The number of hydrogen-bond acceptors (Lipinski definition) is 9. The van der Waals surface area contributed by atoms with E-state index in [1.54, 1.807) is 32.3 Å². The summed E-state index contributed by atoms with van der Waals surface area (Å²) in [4.78, 5) is 47.2. The maximum atomic E-state index is 12.7. The van der Waals surface area contributed by atoms with Gasteiger partial charge in [-0.3, -0.25) is 19.5 Å². The Balaban J connectivity index is 1.53. The second-order valence-electron chi connectivity index (χ2n) is 7.12. The minimum atomic E-state index is -0.883. The molecular formula is C19H19N9O2. The number of nitrogens with zero attached hydrogens (tertiary/aromatic N) is 8. The van der Waals surface area contributed by atoms with Gasteiger partial charge >= 0.3 is 0 Å². The lowest BCUT2D eigenvalue weighted by Gasteiger charge is -2.32. The number of amides is 1. The molecule has 0 aromatic carbocycles. The highest BCUT2D eigenvalue weighted by molar-refractivity contribution is 5.98. The average molecular weight is 405 g/mol. The fourth-order valence-electron chi connectivity index (χ4n) is 3.12. The Morgan fingerprint density at radius 2 is 2.10 bits per heavy atom. The molecule has 11 heteroatoms. The summed E-state index contributed by atoms with van der Waals surface area (Å²) in [5, 5.41) is 3.97. The first-order chi connectivity index (χ1) is 14.4. The van der Waals surface area contributed by atoms with Gasteiger partial charge in [0.25, 0.3) is 0 Å². The summed E-state index contributed by atoms with van der Waals surface area (Å²) in [6, 6.07) is 3.51. The minimum absolute atomic E-state index is 0.107. The van der Waals surface area contributed by atoms with Gasteiger partial charge in [-0.15, -0.1) is 0 Å². The van der Waals surface area contributed by atoms with Gasteiger partial charge in [0.05, 0.1) is 24.5 Å². The third-order valence-corrected chi connectivity index (χ3v) is 4.89. The number of hydrogen-bond donors (Lipinski definition) is 1. The third kappa shape index (κ3) is 3.64. The van der Waals surface area contributed by atoms with Crippen molar-refractivity contribution >= 4 is 17.6 Å². The number of aliphatic imine (C=N–C) groups is 1.